The zero-order valence-corrected chi connectivity index (χ0v) is 45.2. The van der Waals surface area contributed by atoms with Crippen molar-refractivity contribution in [3.05, 3.63) is 0 Å². The highest BCUT2D eigenvalue weighted by Gasteiger charge is 2.19. The van der Waals surface area contributed by atoms with E-state index in [4.69, 9.17) is 14.2 Å². The Morgan fingerprint density at radius 2 is 0.530 bits per heavy atom. The Balaban J connectivity index is 4.21. The molecule has 66 heavy (non-hydrogen) atoms. The molecule has 0 aliphatic heterocycles. The maximum absolute atomic E-state index is 12.8. The topological polar surface area (TPSA) is 78.9 Å². The molecule has 2 atom stereocenters. The van der Waals surface area contributed by atoms with Crippen LogP contribution in [0.4, 0.5) is 0 Å². The predicted octanol–water partition coefficient (Wildman–Crippen LogP) is 19.8. The SMILES string of the molecule is CCCCCCCCCCCCCCCC(=O)OC[C@@H](COC(=O)CCCCCCCCCCCCCCCCCCCCC(C)CC)OC(=O)CCCCCCCCCCCCCCC. The molecule has 0 aliphatic rings. The third kappa shape index (κ3) is 51.8. The van der Waals surface area contributed by atoms with Gasteiger partial charge in [-0.1, -0.05) is 304 Å². The molecule has 0 amide bonds. The number of rotatable bonds is 55. The predicted molar refractivity (Wildman–Crippen MR) is 284 cm³/mol. The van der Waals surface area contributed by atoms with Crippen LogP contribution in [0.3, 0.4) is 0 Å². The maximum Gasteiger partial charge on any atom is 0.306 e. The molecule has 0 rings (SSSR count). The molecule has 1 unspecified atom stereocenters. The van der Waals surface area contributed by atoms with Crippen molar-refractivity contribution in [3.63, 3.8) is 0 Å². The van der Waals surface area contributed by atoms with Gasteiger partial charge < -0.3 is 14.2 Å². The van der Waals surface area contributed by atoms with Crippen molar-refractivity contribution in [1.82, 2.24) is 0 Å². The van der Waals surface area contributed by atoms with Gasteiger partial charge in [0.25, 0.3) is 0 Å². The van der Waals surface area contributed by atoms with E-state index in [1.54, 1.807) is 0 Å². The maximum atomic E-state index is 12.8. The van der Waals surface area contributed by atoms with Crippen LogP contribution in [0.5, 0.6) is 0 Å². The molecule has 0 aromatic heterocycles. The Labute approximate surface area is 412 Å². The van der Waals surface area contributed by atoms with Gasteiger partial charge in [-0.2, -0.15) is 0 Å². The zero-order chi connectivity index (χ0) is 48.1. The number of hydrogen-bond donors (Lipinski definition) is 0. The summed E-state index contributed by atoms with van der Waals surface area (Å²) in [6.07, 6.45) is 59.5. The van der Waals surface area contributed by atoms with E-state index in [0.717, 1.165) is 63.7 Å². The van der Waals surface area contributed by atoms with Crippen LogP contribution in [0.15, 0.2) is 0 Å². The summed E-state index contributed by atoms with van der Waals surface area (Å²) in [6.45, 7) is 9.11. The number of carbonyl (C=O) groups excluding carboxylic acids is 3. The average Bonchev–Trinajstić information content (AvgIpc) is 3.32. The van der Waals surface area contributed by atoms with Gasteiger partial charge >= 0.3 is 17.9 Å². The first kappa shape index (κ1) is 64.4. The van der Waals surface area contributed by atoms with Gasteiger partial charge in [-0.15, -0.1) is 0 Å². The van der Waals surface area contributed by atoms with E-state index < -0.39 is 6.10 Å². The van der Waals surface area contributed by atoms with Crippen molar-refractivity contribution in [2.45, 2.75) is 348 Å². The molecule has 0 spiro atoms. The Morgan fingerprint density at radius 1 is 0.303 bits per heavy atom. The van der Waals surface area contributed by atoms with E-state index >= 15 is 0 Å². The molecule has 0 bridgehead atoms. The second-order valence-corrected chi connectivity index (χ2v) is 20.9. The van der Waals surface area contributed by atoms with E-state index in [2.05, 4.69) is 27.7 Å². The molecule has 0 N–H and O–H groups in total. The molecule has 0 heterocycles. The highest BCUT2D eigenvalue weighted by molar-refractivity contribution is 5.71. The standard InChI is InChI=1S/C60H116O6/c1-5-8-10-12-14-16-18-26-31-35-39-43-47-51-58(61)64-54-57(66-60(63)53-49-45-41-37-33-27-19-17-15-13-11-9-6-2)55-65-59(62)52-48-44-40-36-32-29-25-23-21-20-22-24-28-30-34-38-42-46-50-56(4)7-3/h56-57H,5-55H2,1-4H3/t56?,57-/m0/s1. The lowest BCUT2D eigenvalue weighted by atomic mass is 9.99. The van der Waals surface area contributed by atoms with Crippen LogP contribution in [0.2, 0.25) is 0 Å². The van der Waals surface area contributed by atoms with E-state index in [9.17, 15) is 14.4 Å². The first-order valence-corrected chi connectivity index (χ1v) is 29.9. The highest BCUT2D eigenvalue weighted by atomic mass is 16.6. The van der Waals surface area contributed by atoms with Crippen molar-refractivity contribution < 1.29 is 28.6 Å². The van der Waals surface area contributed by atoms with Crippen molar-refractivity contribution >= 4 is 17.9 Å². The minimum atomic E-state index is -0.761. The van der Waals surface area contributed by atoms with Gasteiger partial charge in [-0.05, 0) is 25.2 Å². The lowest BCUT2D eigenvalue weighted by molar-refractivity contribution is -0.167. The number of ether oxygens (including phenoxy) is 3. The van der Waals surface area contributed by atoms with Crippen LogP contribution in [-0.2, 0) is 28.6 Å². The van der Waals surface area contributed by atoms with Gasteiger partial charge in [-0.3, -0.25) is 14.4 Å². The average molecular weight is 934 g/mol. The largest absolute Gasteiger partial charge is 0.462 e. The number of unbranched alkanes of at least 4 members (excludes halogenated alkanes) is 41. The van der Waals surface area contributed by atoms with Gasteiger partial charge in [-0.25, -0.2) is 0 Å². The zero-order valence-electron chi connectivity index (χ0n) is 45.2. The third-order valence-electron chi connectivity index (χ3n) is 14.2. The Hall–Kier alpha value is -1.59. The Morgan fingerprint density at radius 3 is 0.788 bits per heavy atom. The number of hydrogen-bond acceptors (Lipinski definition) is 6. The van der Waals surface area contributed by atoms with Gasteiger partial charge in [0.15, 0.2) is 6.10 Å². The number of esters is 3. The summed E-state index contributed by atoms with van der Waals surface area (Å²) in [6, 6.07) is 0. The monoisotopic (exact) mass is 933 g/mol. The normalized spacial score (nSPS) is 12.4. The van der Waals surface area contributed by atoms with Crippen LogP contribution < -0.4 is 0 Å². The van der Waals surface area contributed by atoms with Crippen LogP contribution in [0.25, 0.3) is 0 Å². The van der Waals surface area contributed by atoms with Gasteiger partial charge in [0.1, 0.15) is 13.2 Å². The van der Waals surface area contributed by atoms with Crippen LogP contribution in [0, 0.1) is 5.92 Å². The molecule has 0 aliphatic carbocycles. The molecular weight excluding hydrogens is 817 g/mol. The van der Waals surface area contributed by atoms with E-state index in [0.29, 0.717) is 19.3 Å². The molecular formula is C60H116O6. The van der Waals surface area contributed by atoms with Crippen molar-refractivity contribution in [2.24, 2.45) is 5.92 Å². The molecule has 0 radical (unpaired) electrons. The molecule has 0 saturated heterocycles. The second kappa shape index (κ2) is 54.4. The van der Waals surface area contributed by atoms with Crippen LogP contribution >= 0.6 is 0 Å². The summed E-state index contributed by atoms with van der Waals surface area (Å²) in [5, 5.41) is 0. The fourth-order valence-corrected chi connectivity index (χ4v) is 9.25. The summed E-state index contributed by atoms with van der Waals surface area (Å²) >= 11 is 0. The minimum Gasteiger partial charge on any atom is -0.462 e. The molecule has 392 valence electrons. The second-order valence-electron chi connectivity index (χ2n) is 20.9. The fraction of sp³-hybridized carbons (Fsp3) is 0.950. The minimum absolute atomic E-state index is 0.0616. The first-order chi connectivity index (χ1) is 32.4. The van der Waals surface area contributed by atoms with Crippen LogP contribution in [0.1, 0.15) is 342 Å². The lowest BCUT2D eigenvalue weighted by Crippen LogP contribution is -2.30. The lowest BCUT2D eigenvalue weighted by Gasteiger charge is -2.18. The molecule has 0 fully saturated rings. The van der Waals surface area contributed by atoms with Crippen LogP contribution in [-0.4, -0.2) is 37.2 Å². The van der Waals surface area contributed by atoms with Gasteiger partial charge in [0.2, 0.25) is 0 Å². The van der Waals surface area contributed by atoms with E-state index in [1.807, 2.05) is 0 Å². The third-order valence-corrected chi connectivity index (χ3v) is 14.2. The van der Waals surface area contributed by atoms with Crippen molar-refractivity contribution in [2.75, 3.05) is 13.2 Å². The van der Waals surface area contributed by atoms with E-state index in [1.165, 1.54) is 238 Å². The van der Waals surface area contributed by atoms with Crippen molar-refractivity contribution in [1.29, 1.82) is 0 Å². The Bertz CT molecular complexity index is 998. The Kier molecular flexibility index (Phi) is 53.0. The summed E-state index contributed by atoms with van der Waals surface area (Å²) < 4.78 is 16.9. The van der Waals surface area contributed by atoms with Gasteiger partial charge in [0, 0.05) is 19.3 Å². The molecule has 6 nitrogen and oxygen atoms in total. The summed E-state index contributed by atoms with van der Waals surface area (Å²) in [7, 11) is 0. The molecule has 0 aromatic rings. The molecule has 0 aromatic carbocycles. The van der Waals surface area contributed by atoms with E-state index in [-0.39, 0.29) is 31.1 Å². The summed E-state index contributed by atoms with van der Waals surface area (Å²) in [5.41, 5.74) is 0. The smallest absolute Gasteiger partial charge is 0.306 e. The quantitative estimate of drug-likeness (QED) is 0.0343. The van der Waals surface area contributed by atoms with Crippen molar-refractivity contribution in [3.8, 4) is 0 Å². The first-order valence-electron chi connectivity index (χ1n) is 29.9. The molecule has 6 heteroatoms. The summed E-state index contributed by atoms with van der Waals surface area (Å²) in [4.78, 5) is 38.1. The fourth-order valence-electron chi connectivity index (χ4n) is 9.25. The van der Waals surface area contributed by atoms with Gasteiger partial charge in [0.05, 0.1) is 0 Å². The number of carbonyl (C=O) groups is 3. The molecule has 0 saturated carbocycles. The highest BCUT2D eigenvalue weighted by Crippen LogP contribution is 2.19. The summed E-state index contributed by atoms with van der Waals surface area (Å²) in [5.74, 6) is 0.0765.